The lowest BCUT2D eigenvalue weighted by Crippen LogP contribution is -2.30. The van der Waals surface area contributed by atoms with Crippen LogP contribution in [0, 0.1) is 5.92 Å². The highest BCUT2D eigenvalue weighted by molar-refractivity contribution is 5.94. The Morgan fingerprint density at radius 3 is 2.74 bits per heavy atom. The van der Waals surface area contributed by atoms with Crippen LogP contribution in [0.3, 0.4) is 0 Å². The van der Waals surface area contributed by atoms with Gasteiger partial charge in [-0.25, -0.2) is 4.98 Å². The second-order valence-corrected chi connectivity index (χ2v) is 5.18. The van der Waals surface area contributed by atoms with E-state index in [1.165, 1.54) is 32.1 Å². The summed E-state index contributed by atoms with van der Waals surface area (Å²) in [6.07, 6.45) is 8.09. The molecule has 0 unspecified atom stereocenters. The van der Waals surface area contributed by atoms with E-state index in [2.05, 4.69) is 15.6 Å². The molecule has 0 radical (unpaired) electrons. The summed E-state index contributed by atoms with van der Waals surface area (Å²) in [4.78, 5) is 16.2. The van der Waals surface area contributed by atoms with Crippen molar-refractivity contribution in [2.75, 3.05) is 18.4 Å². The number of carbonyl (C=O) groups excluding carboxylic acids is 1. The summed E-state index contributed by atoms with van der Waals surface area (Å²) in [5.41, 5.74) is 0.637. The van der Waals surface area contributed by atoms with Crippen LogP contribution in [-0.4, -0.2) is 24.0 Å². The number of rotatable bonds is 5. The van der Waals surface area contributed by atoms with E-state index >= 15 is 0 Å². The molecule has 4 heteroatoms. The van der Waals surface area contributed by atoms with Crippen molar-refractivity contribution in [2.24, 2.45) is 5.92 Å². The minimum atomic E-state index is -0.0129. The molecule has 2 N–H and O–H groups in total. The van der Waals surface area contributed by atoms with Crippen LogP contribution in [0.2, 0.25) is 0 Å². The monoisotopic (exact) mass is 261 g/mol. The molecule has 1 amide bonds. The molecule has 1 heterocycles. The summed E-state index contributed by atoms with van der Waals surface area (Å²) in [6, 6.07) is 3.67. The average molecular weight is 261 g/mol. The van der Waals surface area contributed by atoms with Crippen LogP contribution in [0.4, 0.5) is 5.82 Å². The number of aromatic nitrogens is 1. The van der Waals surface area contributed by atoms with Gasteiger partial charge in [-0.1, -0.05) is 19.3 Å². The van der Waals surface area contributed by atoms with E-state index in [1.54, 1.807) is 6.20 Å². The maximum atomic E-state index is 12.0. The lowest BCUT2D eigenvalue weighted by Gasteiger charge is -2.21. The molecule has 0 saturated heterocycles. The molecule has 1 aromatic heterocycles. The summed E-state index contributed by atoms with van der Waals surface area (Å²) in [5, 5.41) is 6.14. The molecule has 1 aliphatic rings. The molecular formula is C15H23N3O. The number of amides is 1. The highest BCUT2D eigenvalue weighted by atomic mass is 16.1. The molecule has 1 saturated carbocycles. The highest BCUT2D eigenvalue weighted by Gasteiger charge is 2.14. The standard InChI is InChI=1S/C15H23N3O/c1-2-16-14-9-8-13(11-17-14)15(19)18-10-12-6-4-3-5-7-12/h8-9,11-12H,2-7,10H2,1H3,(H,16,17)(H,18,19). The Bertz CT molecular complexity index is 396. The van der Waals surface area contributed by atoms with E-state index in [0.29, 0.717) is 11.5 Å². The van der Waals surface area contributed by atoms with E-state index in [4.69, 9.17) is 0 Å². The Morgan fingerprint density at radius 1 is 1.32 bits per heavy atom. The van der Waals surface area contributed by atoms with E-state index in [-0.39, 0.29) is 5.91 Å². The van der Waals surface area contributed by atoms with Crippen molar-refractivity contribution in [3.05, 3.63) is 23.9 Å². The van der Waals surface area contributed by atoms with Gasteiger partial charge in [0.1, 0.15) is 5.82 Å². The molecule has 104 valence electrons. The van der Waals surface area contributed by atoms with Gasteiger partial charge < -0.3 is 10.6 Å². The van der Waals surface area contributed by atoms with E-state index < -0.39 is 0 Å². The molecule has 1 fully saturated rings. The zero-order chi connectivity index (χ0) is 13.5. The van der Waals surface area contributed by atoms with Crippen LogP contribution in [0.1, 0.15) is 49.4 Å². The van der Waals surface area contributed by atoms with Gasteiger partial charge in [-0.15, -0.1) is 0 Å². The van der Waals surface area contributed by atoms with Crippen molar-refractivity contribution in [1.82, 2.24) is 10.3 Å². The van der Waals surface area contributed by atoms with Gasteiger partial charge in [-0.2, -0.15) is 0 Å². The van der Waals surface area contributed by atoms with Crippen LogP contribution >= 0.6 is 0 Å². The maximum absolute atomic E-state index is 12.0. The quantitative estimate of drug-likeness (QED) is 0.857. The number of nitrogens with one attached hydrogen (secondary N) is 2. The fraction of sp³-hybridized carbons (Fsp3) is 0.600. The Hall–Kier alpha value is -1.58. The second kappa shape index (κ2) is 7.12. The van der Waals surface area contributed by atoms with Crippen molar-refractivity contribution in [1.29, 1.82) is 0 Å². The number of pyridine rings is 1. The minimum Gasteiger partial charge on any atom is -0.370 e. The van der Waals surface area contributed by atoms with Gasteiger partial charge in [0, 0.05) is 19.3 Å². The van der Waals surface area contributed by atoms with Crippen molar-refractivity contribution in [3.8, 4) is 0 Å². The van der Waals surface area contributed by atoms with E-state index in [1.807, 2.05) is 19.1 Å². The third-order valence-corrected chi connectivity index (χ3v) is 3.66. The third-order valence-electron chi connectivity index (χ3n) is 3.66. The Labute approximate surface area is 115 Å². The molecule has 19 heavy (non-hydrogen) atoms. The van der Waals surface area contributed by atoms with Gasteiger partial charge in [0.05, 0.1) is 5.56 Å². The van der Waals surface area contributed by atoms with Crippen molar-refractivity contribution in [2.45, 2.75) is 39.0 Å². The Morgan fingerprint density at radius 2 is 2.11 bits per heavy atom. The largest absolute Gasteiger partial charge is 0.370 e. The molecule has 0 bridgehead atoms. The van der Waals surface area contributed by atoms with Gasteiger partial charge in [0.15, 0.2) is 0 Å². The number of carbonyl (C=O) groups is 1. The summed E-state index contributed by atoms with van der Waals surface area (Å²) >= 11 is 0. The first-order chi connectivity index (χ1) is 9.29. The number of hydrogen-bond acceptors (Lipinski definition) is 3. The fourth-order valence-corrected chi connectivity index (χ4v) is 2.54. The molecule has 0 atom stereocenters. The smallest absolute Gasteiger partial charge is 0.252 e. The predicted molar refractivity (Wildman–Crippen MR) is 77.3 cm³/mol. The predicted octanol–water partition coefficient (Wildman–Crippen LogP) is 2.82. The lowest BCUT2D eigenvalue weighted by molar-refractivity contribution is 0.0943. The summed E-state index contributed by atoms with van der Waals surface area (Å²) in [7, 11) is 0. The average Bonchev–Trinajstić information content (AvgIpc) is 2.47. The first-order valence-corrected chi connectivity index (χ1v) is 7.27. The Kier molecular flexibility index (Phi) is 5.19. The molecule has 0 aliphatic heterocycles. The third kappa shape index (κ3) is 4.23. The molecule has 0 spiro atoms. The van der Waals surface area contributed by atoms with Gasteiger partial charge in [-0.05, 0) is 37.8 Å². The maximum Gasteiger partial charge on any atom is 0.252 e. The molecule has 0 aromatic carbocycles. The van der Waals surface area contributed by atoms with Gasteiger partial charge in [0.2, 0.25) is 0 Å². The SMILES string of the molecule is CCNc1ccc(C(=O)NCC2CCCCC2)cn1. The van der Waals surface area contributed by atoms with Gasteiger partial charge >= 0.3 is 0 Å². The second-order valence-electron chi connectivity index (χ2n) is 5.18. The Balaban J connectivity index is 1.81. The molecular weight excluding hydrogens is 238 g/mol. The first-order valence-electron chi connectivity index (χ1n) is 7.27. The lowest BCUT2D eigenvalue weighted by atomic mass is 9.89. The van der Waals surface area contributed by atoms with Crippen LogP contribution in [0.5, 0.6) is 0 Å². The number of nitrogens with zero attached hydrogens (tertiary/aromatic N) is 1. The zero-order valence-electron chi connectivity index (χ0n) is 11.6. The molecule has 4 nitrogen and oxygen atoms in total. The van der Waals surface area contributed by atoms with Gasteiger partial charge in [-0.3, -0.25) is 4.79 Å². The van der Waals surface area contributed by atoms with Gasteiger partial charge in [0.25, 0.3) is 5.91 Å². The van der Waals surface area contributed by atoms with Crippen molar-refractivity contribution in [3.63, 3.8) is 0 Å². The topological polar surface area (TPSA) is 54.0 Å². The normalized spacial score (nSPS) is 16.1. The van der Waals surface area contributed by atoms with E-state index in [9.17, 15) is 4.79 Å². The minimum absolute atomic E-state index is 0.0129. The van der Waals surface area contributed by atoms with Crippen molar-refractivity contribution < 1.29 is 4.79 Å². The molecule has 1 aromatic rings. The van der Waals surface area contributed by atoms with E-state index in [0.717, 1.165) is 18.9 Å². The summed E-state index contributed by atoms with van der Waals surface area (Å²) in [6.45, 7) is 3.65. The van der Waals surface area contributed by atoms with Crippen molar-refractivity contribution >= 4 is 11.7 Å². The summed E-state index contributed by atoms with van der Waals surface area (Å²) < 4.78 is 0. The number of anilines is 1. The van der Waals surface area contributed by atoms with Crippen LogP contribution in [0.15, 0.2) is 18.3 Å². The highest BCUT2D eigenvalue weighted by Crippen LogP contribution is 2.22. The molecule has 2 rings (SSSR count). The van der Waals surface area contributed by atoms with Crippen LogP contribution in [-0.2, 0) is 0 Å². The number of hydrogen-bond donors (Lipinski definition) is 2. The summed E-state index contributed by atoms with van der Waals surface area (Å²) in [5.74, 6) is 1.46. The zero-order valence-corrected chi connectivity index (χ0v) is 11.6. The fourth-order valence-electron chi connectivity index (χ4n) is 2.54. The van der Waals surface area contributed by atoms with Crippen LogP contribution < -0.4 is 10.6 Å². The molecule has 1 aliphatic carbocycles. The first kappa shape index (κ1) is 13.8. The van der Waals surface area contributed by atoms with Crippen LogP contribution in [0.25, 0.3) is 0 Å².